The van der Waals surface area contributed by atoms with Crippen molar-refractivity contribution >= 4 is 10.9 Å². The molecule has 0 spiro atoms. The van der Waals surface area contributed by atoms with Gasteiger partial charge in [0.05, 0.1) is 11.6 Å². The third kappa shape index (κ3) is 2.26. The van der Waals surface area contributed by atoms with E-state index in [0.29, 0.717) is 17.3 Å². The molecule has 1 aliphatic rings. The number of halogens is 2. The molecule has 0 saturated heterocycles. The second-order valence-electron chi connectivity index (χ2n) is 5.75. The molecule has 0 radical (unpaired) electrons. The first-order chi connectivity index (χ1) is 9.47. The van der Waals surface area contributed by atoms with E-state index >= 15 is 0 Å². The second-order valence-corrected chi connectivity index (χ2v) is 5.75. The van der Waals surface area contributed by atoms with Gasteiger partial charge in [-0.2, -0.15) is 0 Å². The number of fused-ring (bicyclic) bond motifs is 1. The Balaban J connectivity index is 2.10. The van der Waals surface area contributed by atoms with E-state index in [-0.39, 0.29) is 11.8 Å². The van der Waals surface area contributed by atoms with Crippen LogP contribution in [0.15, 0.2) is 18.3 Å². The predicted molar refractivity (Wildman–Crippen MR) is 74.4 cm³/mol. The van der Waals surface area contributed by atoms with Crippen LogP contribution in [0.25, 0.3) is 10.9 Å². The zero-order valence-corrected chi connectivity index (χ0v) is 11.6. The van der Waals surface area contributed by atoms with E-state index in [9.17, 15) is 13.9 Å². The lowest BCUT2D eigenvalue weighted by Crippen LogP contribution is -2.14. The summed E-state index contributed by atoms with van der Waals surface area (Å²) in [6, 6.07) is 2.28. The van der Waals surface area contributed by atoms with Crippen molar-refractivity contribution in [2.24, 2.45) is 0 Å². The summed E-state index contributed by atoms with van der Waals surface area (Å²) in [6.07, 6.45) is 2.20. The van der Waals surface area contributed by atoms with Gasteiger partial charge in [0, 0.05) is 30.6 Å². The van der Waals surface area contributed by atoms with Gasteiger partial charge in [-0.3, -0.25) is 0 Å². The molecular weight excluding hydrogens is 262 g/mol. The summed E-state index contributed by atoms with van der Waals surface area (Å²) in [5.74, 6) is -0.562. The molecule has 3 rings (SSSR count). The fraction of sp³-hybridized carbons (Fsp3) is 0.467. The van der Waals surface area contributed by atoms with Gasteiger partial charge in [0.2, 0.25) is 0 Å². The maximum Gasteiger partial charge on any atom is 0.129 e. The van der Waals surface area contributed by atoms with E-state index in [1.165, 1.54) is 6.07 Å². The quantitative estimate of drug-likeness (QED) is 0.933. The molecule has 20 heavy (non-hydrogen) atoms. The van der Waals surface area contributed by atoms with Gasteiger partial charge in [0.15, 0.2) is 0 Å². The van der Waals surface area contributed by atoms with E-state index in [2.05, 4.69) is 0 Å². The van der Waals surface area contributed by atoms with Crippen molar-refractivity contribution in [2.75, 3.05) is 20.6 Å². The van der Waals surface area contributed by atoms with Gasteiger partial charge in [-0.15, -0.1) is 0 Å². The molecule has 0 amide bonds. The van der Waals surface area contributed by atoms with E-state index in [1.807, 2.05) is 25.2 Å². The zero-order valence-electron chi connectivity index (χ0n) is 11.6. The van der Waals surface area contributed by atoms with Gasteiger partial charge in [-0.05, 0) is 32.1 Å². The molecule has 1 fully saturated rings. The average Bonchev–Trinajstić information content (AvgIpc) is 2.96. The maximum absolute atomic E-state index is 13.5. The molecule has 0 bridgehead atoms. The summed E-state index contributed by atoms with van der Waals surface area (Å²) in [4.78, 5) is 2.04. The van der Waals surface area contributed by atoms with E-state index in [0.717, 1.165) is 24.6 Å². The molecule has 1 N–H and O–H groups in total. The number of likely N-dealkylation sites (N-methyl/N-ethyl adjacent to an activating group) is 1. The summed E-state index contributed by atoms with van der Waals surface area (Å²) < 4.78 is 28.6. The van der Waals surface area contributed by atoms with Crippen LogP contribution in [0.5, 0.6) is 5.75 Å². The SMILES string of the molecule is CN(C)CCc1cn([C@@H]2C[C@@H]2F)c2cc(F)cc(O)c12. The van der Waals surface area contributed by atoms with E-state index < -0.39 is 12.0 Å². The fourth-order valence-corrected chi connectivity index (χ4v) is 2.66. The maximum atomic E-state index is 13.5. The molecule has 108 valence electrons. The standard InChI is InChI=1S/C15H18F2N2O/c1-18(2)4-3-9-8-19(12-7-11(12)17)13-5-10(16)6-14(20)15(9)13/h5-6,8,11-12,20H,3-4,7H2,1-2H3/t11-,12+/m0/s1. The Morgan fingerprint density at radius 3 is 2.70 bits per heavy atom. The minimum absolute atomic E-state index is 0.0661. The molecule has 1 aromatic heterocycles. The number of alkyl halides is 1. The lowest BCUT2D eigenvalue weighted by atomic mass is 10.1. The van der Waals surface area contributed by atoms with Crippen LogP contribution in [0, 0.1) is 5.82 Å². The first kappa shape index (κ1) is 13.4. The molecule has 1 aliphatic carbocycles. The highest BCUT2D eigenvalue weighted by Crippen LogP contribution is 2.43. The lowest BCUT2D eigenvalue weighted by molar-refractivity contribution is 0.413. The van der Waals surface area contributed by atoms with Gasteiger partial charge in [-0.1, -0.05) is 0 Å². The number of aromatic nitrogens is 1. The van der Waals surface area contributed by atoms with Crippen molar-refractivity contribution in [3.8, 4) is 5.75 Å². The zero-order chi connectivity index (χ0) is 14.4. The monoisotopic (exact) mass is 280 g/mol. The van der Waals surface area contributed by atoms with Gasteiger partial charge >= 0.3 is 0 Å². The number of phenolic OH excluding ortho intramolecular Hbond substituents is 1. The van der Waals surface area contributed by atoms with Crippen LogP contribution in [0.4, 0.5) is 8.78 Å². The summed E-state index contributed by atoms with van der Waals surface area (Å²) in [6.45, 7) is 0.819. The highest BCUT2D eigenvalue weighted by atomic mass is 19.1. The van der Waals surface area contributed by atoms with Crippen molar-refractivity contribution in [1.82, 2.24) is 9.47 Å². The number of hydrogen-bond donors (Lipinski definition) is 1. The first-order valence-electron chi connectivity index (χ1n) is 6.78. The van der Waals surface area contributed by atoms with Crippen molar-refractivity contribution in [2.45, 2.75) is 25.1 Å². The molecule has 2 aromatic rings. The third-order valence-electron chi connectivity index (χ3n) is 3.82. The Morgan fingerprint density at radius 2 is 2.10 bits per heavy atom. The van der Waals surface area contributed by atoms with Gasteiger partial charge in [-0.25, -0.2) is 8.78 Å². The number of aromatic hydroxyl groups is 1. The largest absolute Gasteiger partial charge is 0.507 e. The highest BCUT2D eigenvalue weighted by molar-refractivity contribution is 5.90. The molecule has 1 saturated carbocycles. The minimum Gasteiger partial charge on any atom is -0.507 e. The Hall–Kier alpha value is -1.62. The van der Waals surface area contributed by atoms with Crippen molar-refractivity contribution < 1.29 is 13.9 Å². The van der Waals surface area contributed by atoms with Crippen LogP contribution in [0.3, 0.4) is 0 Å². The highest BCUT2D eigenvalue weighted by Gasteiger charge is 2.40. The molecule has 1 heterocycles. The van der Waals surface area contributed by atoms with E-state index in [1.54, 1.807) is 4.57 Å². The van der Waals surface area contributed by atoms with Crippen LogP contribution < -0.4 is 0 Å². The Kier molecular flexibility index (Phi) is 3.17. The smallest absolute Gasteiger partial charge is 0.129 e. The molecule has 2 atom stereocenters. The van der Waals surface area contributed by atoms with Crippen molar-refractivity contribution in [3.63, 3.8) is 0 Å². The number of hydrogen-bond acceptors (Lipinski definition) is 2. The van der Waals surface area contributed by atoms with Crippen LogP contribution in [0.1, 0.15) is 18.0 Å². The number of benzene rings is 1. The molecule has 5 heteroatoms. The predicted octanol–water partition coefficient (Wildman–Crippen LogP) is 2.87. The summed E-state index contributed by atoms with van der Waals surface area (Å²) in [5, 5.41) is 10.7. The normalized spacial score (nSPS) is 21.9. The van der Waals surface area contributed by atoms with E-state index in [4.69, 9.17) is 0 Å². The van der Waals surface area contributed by atoms with Crippen molar-refractivity contribution in [3.05, 3.63) is 29.7 Å². The number of rotatable bonds is 4. The fourth-order valence-electron chi connectivity index (χ4n) is 2.66. The van der Waals surface area contributed by atoms with Crippen LogP contribution in [-0.2, 0) is 6.42 Å². The lowest BCUT2D eigenvalue weighted by Gasteiger charge is -2.08. The number of nitrogens with zero attached hydrogens (tertiary/aromatic N) is 2. The number of phenols is 1. The van der Waals surface area contributed by atoms with Crippen LogP contribution in [-0.4, -0.2) is 41.4 Å². The molecular formula is C15H18F2N2O. The van der Waals surface area contributed by atoms with Crippen LogP contribution >= 0.6 is 0 Å². The molecule has 0 aliphatic heterocycles. The topological polar surface area (TPSA) is 28.4 Å². The van der Waals surface area contributed by atoms with Gasteiger partial charge < -0.3 is 14.6 Å². The third-order valence-corrected chi connectivity index (χ3v) is 3.82. The second kappa shape index (κ2) is 4.74. The molecule has 0 unspecified atom stereocenters. The Bertz CT molecular complexity index is 651. The first-order valence-corrected chi connectivity index (χ1v) is 6.78. The minimum atomic E-state index is -0.863. The Labute approximate surface area is 116 Å². The van der Waals surface area contributed by atoms with Gasteiger partial charge in [0.1, 0.15) is 17.7 Å². The molecule has 1 aromatic carbocycles. The molecule has 3 nitrogen and oxygen atoms in total. The van der Waals surface area contributed by atoms with Crippen LogP contribution in [0.2, 0.25) is 0 Å². The van der Waals surface area contributed by atoms with Crippen molar-refractivity contribution in [1.29, 1.82) is 0 Å². The Morgan fingerprint density at radius 1 is 1.40 bits per heavy atom. The van der Waals surface area contributed by atoms with Gasteiger partial charge in [0.25, 0.3) is 0 Å². The summed E-state index contributed by atoms with van der Waals surface area (Å²) in [5.41, 5.74) is 1.52. The summed E-state index contributed by atoms with van der Waals surface area (Å²) >= 11 is 0. The average molecular weight is 280 g/mol. The summed E-state index contributed by atoms with van der Waals surface area (Å²) in [7, 11) is 3.94.